The molecule has 248 valence electrons. The number of nitrogens with zero attached hydrogens (tertiary/aromatic N) is 1. The van der Waals surface area contributed by atoms with E-state index in [-0.39, 0.29) is 0 Å². The van der Waals surface area contributed by atoms with Gasteiger partial charge in [0.2, 0.25) is 0 Å². The zero-order chi connectivity index (χ0) is 34.5. The fourth-order valence-electron chi connectivity index (χ4n) is 2.47. The lowest BCUT2D eigenvalue weighted by Crippen LogP contribution is -2.86. The SMILES string of the molecule is FC(F)(F)C(F)(F)C(F)(F)C(F)(F)C(F)(F)C(F)(F)C(F)(F)C(F)(F)C(F)(F)[N+](C(F)(F)F)(C(F)(F)F)C(F)(F)F. The van der Waals surface area contributed by atoms with Gasteiger partial charge in [0, 0.05) is 4.48 Å². The Hall–Kier alpha value is -2.00. The first kappa shape index (κ1) is 39.0. The summed E-state index contributed by atoms with van der Waals surface area (Å²) in [6.45, 7) is 0. The fourth-order valence-corrected chi connectivity index (χ4v) is 2.47. The molecule has 0 radical (unpaired) electrons. The Kier molecular flexibility index (Phi) is 8.57. The Bertz CT molecular complexity index is 914. The maximum atomic E-state index is 13.7. The zero-order valence-electron chi connectivity index (χ0n) is 17.0. The molecule has 0 saturated heterocycles. The van der Waals surface area contributed by atoms with E-state index < -0.39 is 77.1 Å². The average molecular weight is 690 g/mol. The molecule has 0 aromatic rings. The molecule has 0 saturated carbocycles. The molecule has 0 bridgehead atoms. The quantitative estimate of drug-likeness (QED) is 0.136. The van der Waals surface area contributed by atoms with Crippen molar-refractivity contribution < 1.29 is 127 Å². The van der Waals surface area contributed by atoms with Crippen LogP contribution in [0.3, 0.4) is 0 Å². The van der Waals surface area contributed by atoms with Gasteiger partial charge in [-0.05, 0) is 0 Å². The summed E-state index contributed by atoms with van der Waals surface area (Å²) in [5.41, 5.74) is 0. The predicted octanol–water partition coefficient (Wildman–Crippen LogP) is 8.96. The van der Waals surface area contributed by atoms with Gasteiger partial charge in [0.05, 0.1) is 0 Å². The molecular formula is C12F28N+. The second-order valence-corrected chi connectivity index (χ2v) is 7.13. The monoisotopic (exact) mass is 690 g/mol. The molecule has 0 spiro atoms. The van der Waals surface area contributed by atoms with Crippen LogP contribution < -0.4 is 0 Å². The van der Waals surface area contributed by atoms with Crippen molar-refractivity contribution in [2.45, 2.75) is 72.6 Å². The van der Waals surface area contributed by atoms with Gasteiger partial charge in [-0.15, -0.1) is 48.3 Å². The van der Waals surface area contributed by atoms with Crippen molar-refractivity contribution in [3.05, 3.63) is 0 Å². The van der Waals surface area contributed by atoms with Gasteiger partial charge in [-0.1, -0.05) is 0 Å². The summed E-state index contributed by atoms with van der Waals surface area (Å²) in [6, 6.07) is -10.1. The average Bonchev–Trinajstić information content (AvgIpc) is 2.62. The van der Waals surface area contributed by atoms with Gasteiger partial charge >= 0.3 is 72.6 Å². The summed E-state index contributed by atoms with van der Waals surface area (Å²) >= 11 is 0. The fraction of sp³-hybridized carbons (Fsp3) is 1.00. The molecule has 0 rings (SSSR count). The molecule has 0 atom stereocenters. The van der Waals surface area contributed by atoms with Crippen LogP contribution in [0.4, 0.5) is 123 Å². The van der Waals surface area contributed by atoms with Gasteiger partial charge in [-0.25, -0.2) is 0 Å². The molecule has 0 amide bonds. The maximum absolute atomic E-state index is 13.7. The van der Waals surface area contributed by atoms with Crippen LogP contribution in [-0.4, -0.2) is 77.1 Å². The number of quaternary nitrogens is 1. The van der Waals surface area contributed by atoms with E-state index in [1.807, 2.05) is 0 Å². The Morgan fingerprint density at radius 3 is 0.561 bits per heavy atom. The topological polar surface area (TPSA) is 0 Å². The van der Waals surface area contributed by atoms with Crippen molar-refractivity contribution in [2.75, 3.05) is 0 Å². The van der Waals surface area contributed by atoms with Crippen molar-refractivity contribution in [1.82, 2.24) is 0 Å². The number of hydrogen-bond acceptors (Lipinski definition) is 0. The maximum Gasteiger partial charge on any atom is 0.581 e. The number of alkyl halides is 28. The molecule has 0 aliphatic carbocycles. The van der Waals surface area contributed by atoms with Gasteiger partial charge < -0.3 is 0 Å². The van der Waals surface area contributed by atoms with Crippen molar-refractivity contribution >= 4 is 0 Å². The first-order valence-electron chi connectivity index (χ1n) is 8.19. The number of halogens is 28. The summed E-state index contributed by atoms with van der Waals surface area (Å²) < 4.78 is 354. The zero-order valence-corrected chi connectivity index (χ0v) is 17.0. The van der Waals surface area contributed by atoms with E-state index in [1.54, 1.807) is 0 Å². The van der Waals surface area contributed by atoms with Crippen LogP contribution in [0, 0.1) is 0 Å². The highest BCUT2D eigenvalue weighted by Crippen LogP contribution is 2.69. The third-order valence-electron chi connectivity index (χ3n) is 4.66. The van der Waals surface area contributed by atoms with E-state index in [0.717, 1.165) is 0 Å². The third kappa shape index (κ3) is 4.38. The lowest BCUT2D eigenvalue weighted by molar-refractivity contribution is -1.22. The van der Waals surface area contributed by atoms with Gasteiger partial charge in [0.25, 0.3) is 0 Å². The predicted molar refractivity (Wildman–Crippen MR) is 64.1 cm³/mol. The molecule has 29 heteroatoms. The van der Waals surface area contributed by atoms with Gasteiger partial charge in [-0.3, -0.25) is 0 Å². The van der Waals surface area contributed by atoms with Crippen molar-refractivity contribution in [1.29, 1.82) is 0 Å². The summed E-state index contributed by atoms with van der Waals surface area (Å²) in [6.07, 6.45) is -35.9. The minimum atomic E-state index is -10.1. The lowest BCUT2D eigenvalue weighted by atomic mass is 9.88. The van der Waals surface area contributed by atoms with Crippen LogP contribution in [0.25, 0.3) is 0 Å². The molecule has 0 unspecified atom stereocenters. The van der Waals surface area contributed by atoms with Crippen molar-refractivity contribution in [2.24, 2.45) is 0 Å². The molecule has 1 nitrogen and oxygen atoms in total. The van der Waals surface area contributed by atoms with Gasteiger partial charge in [0.1, 0.15) is 0 Å². The second-order valence-electron chi connectivity index (χ2n) is 7.13. The molecule has 41 heavy (non-hydrogen) atoms. The van der Waals surface area contributed by atoms with E-state index in [0.29, 0.717) is 0 Å². The number of rotatable bonds is 8. The standard InChI is InChI=1S/C12F28N/c13-1(14,2(15,16)4(19,20)6(23,24)8(27,28)29)3(17,18)5(21,22)7(25,26)9(30,31)41(10(32,33)34,11(35,36)37)12(38,39)40/q+1. The van der Waals surface area contributed by atoms with Crippen LogP contribution in [0.5, 0.6) is 0 Å². The van der Waals surface area contributed by atoms with E-state index in [1.165, 1.54) is 0 Å². The smallest absolute Gasteiger partial charge is 0.192 e. The molecule has 0 N–H and O–H groups in total. The minimum Gasteiger partial charge on any atom is -0.192 e. The second kappa shape index (κ2) is 9.01. The molecule has 0 aliphatic heterocycles. The van der Waals surface area contributed by atoms with E-state index in [4.69, 9.17) is 0 Å². The van der Waals surface area contributed by atoms with Crippen LogP contribution in [-0.2, 0) is 0 Å². The molecule has 0 aliphatic rings. The normalized spacial score (nSPS) is 17.3. The highest BCUT2D eigenvalue weighted by molar-refractivity contribution is 5.16. The summed E-state index contributed by atoms with van der Waals surface area (Å²) in [5, 5.41) is 0. The van der Waals surface area contributed by atoms with Crippen LogP contribution in [0.2, 0.25) is 0 Å². The Morgan fingerprint density at radius 2 is 0.390 bits per heavy atom. The van der Waals surface area contributed by atoms with Crippen molar-refractivity contribution in [3.8, 4) is 0 Å². The summed E-state index contributed by atoms with van der Waals surface area (Å²) in [4.78, 5) is 0. The van der Waals surface area contributed by atoms with Gasteiger partial charge in [0.15, 0.2) is 0 Å². The summed E-state index contributed by atoms with van der Waals surface area (Å²) in [7, 11) is 0. The molecule has 0 aromatic heterocycles. The highest BCUT2D eigenvalue weighted by Gasteiger charge is 3.05. The molecule has 0 heterocycles. The molecular weight excluding hydrogens is 690 g/mol. The molecule has 0 aromatic carbocycles. The lowest BCUT2D eigenvalue weighted by Gasteiger charge is -2.48. The van der Waals surface area contributed by atoms with Crippen LogP contribution in [0.15, 0.2) is 0 Å². The molecule has 0 fully saturated rings. The largest absolute Gasteiger partial charge is 0.581 e. The van der Waals surface area contributed by atoms with E-state index in [9.17, 15) is 123 Å². The first-order chi connectivity index (χ1) is 17.0. The van der Waals surface area contributed by atoms with Crippen LogP contribution in [0.1, 0.15) is 0 Å². The van der Waals surface area contributed by atoms with Crippen molar-refractivity contribution in [3.63, 3.8) is 0 Å². The summed E-state index contributed by atoms with van der Waals surface area (Å²) in [5.74, 6) is -67.4. The first-order valence-corrected chi connectivity index (χ1v) is 8.19. The Morgan fingerprint density at radius 1 is 0.220 bits per heavy atom. The minimum absolute atomic E-state index is 8.28. The Labute approximate surface area is 201 Å². The third-order valence-corrected chi connectivity index (χ3v) is 4.66. The van der Waals surface area contributed by atoms with E-state index >= 15 is 0 Å². The Balaban J connectivity index is 7.82. The van der Waals surface area contributed by atoms with E-state index in [2.05, 4.69) is 0 Å². The number of hydrogen-bond donors (Lipinski definition) is 0. The van der Waals surface area contributed by atoms with Gasteiger partial charge in [-0.2, -0.15) is 74.6 Å². The highest BCUT2D eigenvalue weighted by atomic mass is 19.5. The van der Waals surface area contributed by atoms with Crippen LogP contribution >= 0.6 is 0 Å².